The Hall–Kier alpha value is -3.59. The largest absolute Gasteiger partial charge is 0.488 e. The maximum absolute atomic E-state index is 14.4. The maximum atomic E-state index is 14.4. The van der Waals surface area contributed by atoms with Gasteiger partial charge in [0, 0.05) is 40.1 Å². The number of anilines is 2. The van der Waals surface area contributed by atoms with E-state index < -0.39 is 17.3 Å². The summed E-state index contributed by atoms with van der Waals surface area (Å²) in [5.74, 6) is -1.11. The van der Waals surface area contributed by atoms with Crippen LogP contribution in [0, 0.1) is 10.7 Å². The van der Waals surface area contributed by atoms with Crippen LogP contribution in [-0.2, 0) is 17.8 Å². The molecular formula is C23H22ClFN4O4. The van der Waals surface area contributed by atoms with Gasteiger partial charge in [-0.2, -0.15) is 0 Å². The number of aromatic nitrogens is 2. The van der Waals surface area contributed by atoms with E-state index in [9.17, 15) is 18.9 Å². The van der Waals surface area contributed by atoms with Crippen LogP contribution in [0.5, 0.6) is 5.75 Å². The second-order valence-corrected chi connectivity index (χ2v) is 7.98. The number of amides is 1. The summed E-state index contributed by atoms with van der Waals surface area (Å²) >= 11 is 5.95. The van der Waals surface area contributed by atoms with Crippen LogP contribution in [0.1, 0.15) is 31.4 Å². The molecule has 10 heteroatoms. The molecule has 172 valence electrons. The maximum Gasteiger partial charge on any atom is 0.286 e. The summed E-state index contributed by atoms with van der Waals surface area (Å²) in [6.07, 6.45) is 0.968. The fourth-order valence-corrected chi connectivity index (χ4v) is 3.19. The Bertz CT molecular complexity index is 1210. The van der Waals surface area contributed by atoms with Gasteiger partial charge in [-0.15, -0.1) is 4.91 Å². The monoisotopic (exact) mass is 472 g/mol. The Morgan fingerprint density at radius 3 is 2.61 bits per heavy atom. The molecule has 0 aliphatic heterocycles. The number of hydrogen-bond acceptors (Lipinski definition) is 6. The van der Waals surface area contributed by atoms with Crippen molar-refractivity contribution in [3.05, 3.63) is 85.9 Å². The summed E-state index contributed by atoms with van der Waals surface area (Å²) in [5.41, 5.74) is 0.995. The normalized spacial score (nSPS) is 10.8. The van der Waals surface area contributed by atoms with Gasteiger partial charge in [0.05, 0.1) is 12.6 Å². The number of ether oxygens (including phenoxy) is 1. The molecule has 8 nitrogen and oxygen atoms in total. The number of rotatable bonds is 9. The molecule has 3 rings (SSSR count). The van der Waals surface area contributed by atoms with E-state index in [0.717, 1.165) is 5.56 Å². The first-order valence-corrected chi connectivity index (χ1v) is 10.6. The Morgan fingerprint density at radius 2 is 1.97 bits per heavy atom. The number of nitrogens with one attached hydrogen (secondary N) is 1. The number of carbonyl (C=O) groups excluding carboxylic acids is 1. The molecule has 0 aliphatic rings. The number of benzene rings is 2. The molecule has 0 bridgehead atoms. The van der Waals surface area contributed by atoms with Crippen LogP contribution in [0.25, 0.3) is 0 Å². The van der Waals surface area contributed by atoms with Crippen LogP contribution in [0.2, 0.25) is 5.02 Å². The minimum absolute atomic E-state index is 0.0210. The lowest BCUT2D eigenvalue weighted by Crippen LogP contribution is -2.27. The molecule has 1 N–H and O–H groups in total. The summed E-state index contributed by atoms with van der Waals surface area (Å²) < 4.78 is 21.2. The van der Waals surface area contributed by atoms with Crippen molar-refractivity contribution in [1.82, 2.24) is 9.55 Å². The van der Waals surface area contributed by atoms with Gasteiger partial charge < -0.3 is 10.1 Å². The van der Waals surface area contributed by atoms with Gasteiger partial charge in [0.25, 0.3) is 11.5 Å². The Balaban J connectivity index is 1.95. The lowest BCUT2D eigenvalue weighted by molar-refractivity contribution is -0.117. The van der Waals surface area contributed by atoms with E-state index in [2.05, 4.69) is 15.5 Å². The van der Waals surface area contributed by atoms with E-state index in [4.69, 9.17) is 16.3 Å². The molecular weight excluding hydrogens is 451 g/mol. The first kappa shape index (κ1) is 24.1. The number of nitrogens with zero attached hydrogens (tertiary/aromatic N) is 3. The molecule has 1 heterocycles. The second-order valence-electron chi connectivity index (χ2n) is 7.55. The average molecular weight is 473 g/mol. The van der Waals surface area contributed by atoms with Gasteiger partial charge in [0.1, 0.15) is 0 Å². The fraction of sp³-hybridized carbons (Fsp3) is 0.261. The zero-order chi connectivity index (χ0) is 24.0. The minimum Gasteiger partial charge on any atom is -0.488 e. The van der Waals surface area contributed by atoms with Crippen molar-refractivity contribution in [2.45, 2.75) is 39.3 Å². The van der Waals surface area contributed by atoms with E-state index in [1.807, 2.05) is 0 Å². The van der Waals surface area contributed by atoms with E-state index >= 15 is 0 Å². The number of carbonyl (C=O) groups is 1. The van der Waals surface area contributed by atoms with Crippen molar-refractivity contribution in [3.8, 4) is 5.75 Å². The highest BCUT2D eigenvalue weighted by atomic mass is 35.5. The van der Waals surface area contributed by atoms with Crippen LogP contribution in [0.4, 0.5) is 16.0 Å². The number of hydrogen-bond donors (Lipinski definition) is 1. The molecule has 1 amide bonds. The molecule has 0 unspecified atom stereocenters. The SMILES string of the molecule is CC(C)Oc1ccc(Nc2ncc(CCC(=O)N=O)c(=O)n2Cc2ccc(Cl)cc2)cc1F. The van der Waals surface area contributed by atoms with Gasteiger partial charge in [-0.25, -0.2) is 9.37 Å². The zero-order valence-electron chi connectivity index (χ0n) is 18.0. The minimum atomic E-state index is -0.847. The lowest BCUT2D eigenvalue weighted by Gasteiger charge is -2.16. The molecule has 1 aromatic heterocycles. The van der Waals surface area contributed by atoms with E-state index in [-0.39, 0.29) is 42.8 Å². The molecule has 0 aliphatic carbocycles. The summed E-state index contributed by atoms with van der Waals surface area (Å²) in [6, 6.07) is 11.3. The highest BCUT2D eigenvalue weighted by molar-refractivity contribution is 6.30. The van der Waals surface area contributed by atoms with Gasteiger partial charge in [-0.1, -0.05) is 23.7 Å². The predicted octanol–water partition coefficient (Wildman–Crippen LogP) is 4.84. The third-order valence-electron chi connectivity index (χ3n) is 4.63. The third-order valence-corrected chi connectivity index (χ3v) is 4.88. The molecule has 0 atom stereocenters. The van der Waals surface area contributed by atoms with Crippen molar-refractivity contribution >= 4 is 29.1 Å². The molecule has 33 heavy (non-hydrogen) atoms. The number of aryl methyl sites for hydroxylation is 1. The van der Waals surface area contributed by atoms with Crippen LogP contribution in [0.3, 0.4) is 0 Å². The van der Waals surface area contributed by atoms with E-state index in [1.165, 1.54) is 22.9 Å². The highest BCUT2D eigenvalue weighted by Crippen LogP contribution is 2.24. The Morgan fingerprint density at radius 1 is 1.24 bits per heavy atom. The van der Waals surface area contributed by atoms with Gasteiger partial charge in [-0.3, -0.25) is 14.2 Å². The van der Waals surface area contributed by atoms with E-state index in [0.29, 0.717) is 10.7 Å². The zero-order valence-corrected chi connectivity index (χ0v) is 18.8. The van der Waals surface area contributed by atoms with Crippen LogP contribution in [-0.4, -0.2) is 21.6 Å². The third kappa shape index (κ3) is 6.45. The van der Waals surface area contributed by atoms with Crippen LogP contribution < -0.4 is 15.6 Å². The van der Waals surface area contributed by atoms with E-state index in [1.54, 1.807) is 44.2 Å². The van der Waals surface area contributed by atoms with Crippen LogP contribution >= 0.6 is 11.6 Å². The van der Waals surface area contributed by atoms with Crippen molar-refractivity contribution in [2.24, 2.45) is 5.18 Å². The number of nitroso groups, excluding NO2 is 1. The Kier molecular flexibility index (Phi) is 7.89. The molecule has 0 fully saturated rings. The molecule has 0 saturated heterocycles. The summed E-state index contributed by atoms with van der Waals surface area (Å²) in [5, 5.41) is 5.87. The molecule has 0 radical (unpaired) electrons. The smallest absolute Gasteiger partial charge is 0.286 e. The standard InChI is InChI=1S/C23H22ClFN4O4/c1-14(2)33-20-9-8-18(11-19(20)25)27-23-26-12-16(5-10-21(30)28-32)22(31)29(23)13-15-3-6-17(24)7-4-15/h3-4,6-9,11-12,14H,5,10,13H2,1-2H3,(H,26,27). The summed E-state index contributed by atoms with van der Waals surface area (Å²) in [7, 11) is 0. The van der Waals surface area contributed by atoms with Crippen molar-refractivity contribution < 1.29 is 13.9 Å². The topological polar surface area (TPSA) is 103 Å². The average Bonchev–Trinajstić information content (AvgIpc) is 2.78. The van der Waals surface area contributed by atoms with Gasteiger partial charge >= 0.3 is 0 Å². The summed E-state index contributed by atoms with van der Waals surface area (Å²) in [4.78, 5) is 39.1. The predicted molar refractivity (Wildman–Crippen MR) is 124 cm³/mol. The first-order valence-electron chi connectivity index (χ1n) is 10.2. The lowest BCUT2D eigenvalue weighted by atomic mass is 10.1. The van der Waals surface area contributed by atoms with Crippen LogP contribution in [0.15, 0.2) is 58.6 Å². The first-order chi connectivity index (χ1) is 15.8. The molecule has 0 spiro atoms. The van der Waals surface area contributed by atoms with Gasteiger partial charge in [-0.05, 0) is 50.1 Å². The van der Waals surface area contributed by atoms with Crippen molar-refractivity contribution in [3.63, 3.8) is 0 Å². The second kappa shape index (κ2) is 10.8. The number of halogens is 2. The molecule has 0 saturated carbocycles. The van der Waals surface area contributed by atoms with Gasteiger partial charge in [0.15, 0.2) is 11.6 Å². The van der Waals surface area contributed by atoms with Crippen molar-refractivity contribution in [1.29, 1.82) is 0 Å². The quantitative estimate of drug-likeness (QED) is 0.447. The summed E-state index contributed by atoms with van der Waals surface area (Å²) in [6.45, 7) is 3.74. The van der Waals surface area contributed by atoms with Crippen molar-refractivity contribution in [2.75, 3.05) is 5.32 Å². The van der Waals surface area contributed by atoms with Gasteiger partial charge in [0.2, 0.25) is 5.95 Å². The highest BCUT2D eigenvalue weighted by Gasteiger charge is 2.14. The fourth-order valence-electron chi connectivity index (χ4n) is 3.07. The molecule has 2 aromatic carbocycles. The molecule has 3 aromatic rings. The Labute approximate surface area is 194 Å².